The predicted octanol–water partition coefficient (Wildman–Crippen LogP) is 3.58. The number of β-lactam (4-membered cyclic amide) rings is 1. The molecule has 2 aliphatic heterocycles. The summed E-state index contributed by atoms with van der Waals surface area (Å²) < 4.78 is 1.59. The molecule has 6 rings (SSSR count). The average molecular weight is 483 g/mol. The van der Waals surface area contributed by atoms with E-state index < -0.39 is 11.6 Å². The highest BCUT2D eigenvalue weighted by Crippen LogP contribution is 2.57. The van der Waals surface area contributed by atoms with E-state index in [0.29, 0.717) is 5.82 Å². The van der Waals surface area contributed by atoms with Gasteiger partial charge in [-0.1, -0.05) is 91.0 Å². The Hall–Kier alpha value is -3.49. The van der Waals surface area contributed by atoms with Gasteiger partial charge in [-0.2, -0.15) is 0 Å². The molecule has 7 nitrogen and oxygen atoms in total. The Bertz CT molecular complexity index is 1260. The zero-order chi connectivity index (χ0) is 24.2. The summed E-state index contributed by atoms with van der Waals surface area (Å²) >= 11 is 1.71. The zero-order valence-electron chi connectivity index (χ0n) is 19.5. The lowest BCUT2D eigenvalue weighted by Gasteiger charge is -2.44. The maximum Gasteiger partial charge on any atom is 0.244 e. The molecule has 176 valence electrons. The second-order valence-corrected chi connectivity index (χ2v) is 11.3. The summed E-state index contributed by atoms with van der Waals surface area (Å²) in [5, 5.41) is 13.3. The van der Waals surface area contributed by atoms with E-state index in [2.05, 4.69) is 65.8 Å². The Kier molecular flexibility index (Phi) is 5.05. The third-order valence-corrected chi connectivity index (χ3v) is 8.71. The second-order valence-electron chi connectivity index (χ2n) is 9.54. The highest BCUT2D eigenvalue weighted by molar-refractivity contribution is 8.01. The molecule has 3 heterocycles. The molecule has 0 radical (unpaired) electrons. The van der Waals surface area contributed by atoms with Gasteiger partial charge in [0.1, 0.15) is 23.0 Å². The van der Waals surface area contributed by atoms with Crippen LogP contribution in [0.2, 0.25) is 0 Å². The molecule has 35 heavy (non-hydrogen) atoms. The van der Waals surface area contributed by atoms with Gasteiger partial charge < -0.3 is 10.6 Å². The van der Waals surface area contributed by atoms with Crippen molar-refractivity contribution in [2.45, 2.75) is 41.6 Å². The first-order chi connectivity index (χ1) is 17.0. The SMILES string of the molecule is CC1(C)SC2C(N)C(=O)N2C1c1nnnn1C(c1ccccc1)(c1ccccc1)c1ccccc1. The van der Waals surface area contributed by atoms with Gasteiger partial charge in [0.05, 0.1) is 0 Å². The van der Waals surface area contributed by atoms with E-state index in [0.717, 1.165) is 16.7 Å². The molecule has 2 N–H and O–H groups in total. The molecule has 3 aromatic carbocycles. The van der Waals surface area contributed by atoms with Crippen LogP contribution in [0.3, 0.4) is 0 Å². The van der Waals surface area contributed by atoms with Crippen molar-refractivity contribution in [1.29, 1.82) is 0 Å². The topological polar surface area (TPSA) is 89.9 Å². The number of carbonyl (C=O) groups excluding carboxylic acids is 1. The number of nitrogens with two attached hydrogens (primary N) is 1. The van der Waals surface area contributed by atoms with Gasteiger partial charge in [-0.15, -0.1) is 16.9 Å². The van der Waals surface area contributed by atoms with Crippen molar-refractivity contribution in [3.8, 4) is 0 Å². The molecule has 1 amide bonds. The van der Waals surface area contributed by atoms with E-state index in [4.69, 9.17) is 5.73 Å². The van der Waals surface area contributed by atoms with Gasteiger partial charge in [0.25, 0.3) is 0 Å². The zero-order valence-corrected chi connectivity index (χ0v) is 20.3. The molecule has 3 atom stereocenters. The minimum absolute atomic E-state index is 0.0580. The first-order valence-corrected chi connectivity index (χ1v) is 12.5. The van der Waals surface area contributed by atoms with Gasteiger partial charge in [-0.3, -0.25) is 4.79 Å². The van der Waals surface area contributed by atoms with E-state index in [1.54, 1.807) is 11.8 Å². The number of hydrogen-bond donors (Lipinski definition) is 1. The highest BCUT2D eigenvalue weighted by atomic mass is 32.2. The maximum atomic E-state index is 12.9. The van der Waals surface area contributed by atoms with Crippen molar-refractivity contribution >= 4 is 17.7 Å². The first kappa shape index (κ1) is 22.0. The number of carbonyl (C=O) groups is 1. The van der Waals surface area contributed by atoms with Crippen molar-refractivity contribution in [3.05, 3.63) is 114 Å². The monoisotopic (exact) mass is 482 g/mol. The van der Waals surface area contributed by atoms with Crippen LogP contribution in [0.25, 0.3) is 0 Å². The normalized spacial score (nSPS) is 23.1. The molecule has 0 spiro atoms. The third-order valence-electron chi connectivity index (χ3n) is 7.11. The van der Waals surface area contributed by atoms with Crippen molar-refractivity contribution in [3.63, 3.8) is 0 Å². The number of nitrogens with zero attached hydrogens (tertiary/aromatic N) is 5. The number of thioether (sulfide) groups is 1. The minimum Gasteiger partial charge on any atom is -0.317 e. The van der Waals surface area contributed by atoms with Crippen molar-refractivity contribution in [1.82, 2.24) is 25.1 Å². The van der Waals surface area contributed by atoms with Crippen LogP contribution >= 0.6 is 11.8 Å². The highest BCUT2D eigenvalue weighted by Gasteiger charge is 2.62. The number of hydrogen-bond acceptors (Lipinski definition) is 6. The van der Waals surface area contributed by atoms with E-state index in [9.17, 15) is 4.79 Å². The molecular formula is C27H26N6OS. The smallest absolute Gasteiger partial charge is 0.244 e. The van der Waals surface area contributed by atoms with E-state index in [1.807, 2.05) is 64.2 Å². The van der Waals surface area contributed by atoms with Gasteiger partial charge in [-0.25, -0.2) is 4.68 Å². The molecule has 2 saturated heterocycles. The van der Waals surface area contributed by atoms with Crippen LogP contribution in [0.1, 0.15) is 42.4 Å². The lowest BCUT2D eigenvalue weighted by molar-refractivity contribution is -0.147. The predicted molar refractivity (Wildman–Crippen MR) is 135 cm³/mol. The van der Waals surface area contributed by atoms with Gasteiger partial charge in [0.15, 0.2) is 5.82 Å². The van der Waals surface area contributed by atoms with E-state index in [-0.39, 0.29) is 22.1 Å². The molecule has 0 saturated carbocycles. The third kappa shape index (κ3) is 3.10. The number of aromatic nitrogens is 4. The van der Waals surface area contributed by atoms with Gasteiger partial charge in [0, 0.05) is 4.75 Å². The number of tetrazole rings is 1. The van der Waals surface area contributed by atoms with Gasteiger partial charge in [-0.05, 0) is 41.0 Å². The van der Waals surface area contributed by atoms with E-state index >= 15 is 0 Å². The molecule has 0 bridgehead atoms. The van der Waals surface area contributed by atoms with Crippen LogP contribution in [-0.2, 0) is 10.3 Å². The lowest BCUT2D eigenvalue weighted by atomic mass is 9.76. The summed E-state index contributed by atoms with van der Waals surface area (Å²) in [6, 6.07) is 30.0. The number of fused-ring (bicyclic) bond motifs is 1. The van der Waals surface area contributed by atoms with Crippen LogP contribution in [0.4, 0.5) is 0 Å². The molecule has 1 aromatic heterocycles. The fourth-order valence-electron chi connectivity index (χ4n) is 5.57. The van der Waals surface area contributed by atoms with Crippen LogP contribution in [0, 0.1) is 0 Å². The summed E-state index contributed by atoms with van der Waals surface area (Å²) in [5.74, 6) is 0.583. The van der Waals surface area contributed by atoms with Crippen LogP contribution in [-0.4, -0.2) is 47.2 Å². The largest absolute Gasteiger partial charge is 0.317 e. The van der Waals surface area contributed by atoms with Gasteiger partial charge >= 0.3 is 0 Å². The summed E-state index contributed by atoms with van der Waals surface area (Å²) in [6.45, 7) is 4.27. The number of amides is 1. The maximum absolute atomic E-state index is 12.9. The fraction of sp³-hybridized carbons (Fsp3) is 0.259. The summed E-state index contributed by atoms with van der Waals surface area (Å²) in [4.78, 5) is 14.8. The number of rotatable bonds is 5. The van der Waals surface area contributed by atoms with Crippen LogP contribution in [0.15, 0.2) is 91.0 Å². The summed E-state index contributed by atoms with van der Waals surface area (Å²) in [7, 11) is 0. The molecule has 2 aliphatic rings. The molecule has 0 aliphatic carbocycles. The summed E-state index contributed by atoms with van der Waals surface area (Å²) in [6.07, 6.45) is 0. The van der Waals surface area contributed by atoms with Crippen molar-refractivity contribution in [2.75, 3.05) is 0 Å². The second kappa shape index (κ2) is 8.03. The van der Waals surface area contributed by atoms with Crippen molar-refractivity contribution < 1.29 is 4.79 Å². The fourth-order valence-corrected chi connectivity index (χ4v) is 7.14. The number of benzene rings is 3. The standard InChI is InChI=1S/C27H26N6OS/c1-26(2)22(32-24(34)21(28)25(32)35-26)23-29-30-31-33(23)27(18-12-6-3-7-13-18,19-14-8-4-9-15-19)20-16-10-5-11-17-20/h3-17,21-22,25H,28H2,1-2H3. The Morgan fingerprint density at radius 3 is 1.83 bits per heavy atom. The first-order valence-electron chi connectivity index (χ1n) is 11.7. The van der Waals surface area contributed by atoms with Gasteiger partial charge in [0.2, 0.25) is 5.91 Å². The Balaban J connectivity index is 1.66. The Labute approximate surface area is 208 Å². The lowest BCUT2D eigenvalue weighted by Crippen LogP contribution is -2.65. The average Bonchev–Trinajstić information content (AvgIpc) is 3.46. The molecule has 4 aromatic rings. The van der Waals surface area contributed by atoms with Crippen LogP contribution < -0.4 is 5.73 Å². The Morgan fingerprint density at radius 1 is 0.857 bits per heavy atom. The molecule has 8 heteroatoms. The molecular weight excluding hydrogens is 456 g/mol. The minimum atomic E-state index is -0.850. The van der Waals surface area contributed by atoms with Crippen LogP contribution in [0.5, 0.6) is 0 Å². The quantitative estimate of drug-likeness (QED) is 0.346. The molecule has 2 fully saturated rings. The Morgan fingerprint density at radius 2 is 1.34 bits per heavy atom. The summed E-state index contributed by atoms with van der Waals surface area (Å²) in [5.41, 5.74) is 8.40. The molecule has 3 unspecified atom stereocenters. The van der Waals surface area contributed by atoms with E-state index in [1.165, 1.54) is 0 Å². The van der Waals surface area contributed by atoms with Crippen molar-refractivity contribution in [2.24, 2.45) is 5.73 Å².